The van der Waals surface area contributed by atoms with Gasteiger partial charge < -0.3 is 20.1 Å². The van der Waals surface area contributed by atoms with E-state index in [0.29, 0.717) is 66.9 Å². The number of benzene rings is 2. The number of nitrogens with zero attached hydrogens (tertiary/aromatic N) is 2. The Balaban J connectivity index is 1.37. The van der Waals surface area contributed by atoms with Gasteiger partial charge >= 0.3 is 5.97 Å². The van der Waals surface area contributed by atoms with Crippen LogP contribution in [0.15, 0.2) is 42.6 Å². The van der Waals surface area contributed by atoms with Crippen LogP contribution in [0.5, 0.6) is 5.75 Å². The van der Waals surface area contributed by atoms with Crippen LogP contribution in [-0.4, -0.2) is 54.2 Å². The number of carboxylic acids is 1. The molecule has 1 aromatic heterocycles. The summed E-state index contributed by atoms with van der Waals surface area (Å²) in [4.78, 5) is 18.8. The molecule has 1 saturated heterocycles. The van der Waals surface area contributed by atoms with Crippen molar-refractivity contribution in [3.63, 3.8) is 0 Å². The number of anilines is 1. The average molecular weight is 516 g/mol. The minimum Gasteiger partial charge on any atom is -0.497 e. The minimum atomic E-state index is -1.33. The molecule has 1 fully saturated rings. The van der Waals surface area contributed by atoms with Crippen molar-refractivity contribution in [2.45, 2.75) is 38.8 Å². The van der Waals surface area contributed by atoms with E-state index in [1.807, 2.05) is 6.92 Å². The van der Waals surface area contributed by atoms with Gasteiger partial charge in [0.1, 0.15) is 23.6 Å². The molecule has 0 saturated carbocycles. The first-order chi connectivity index (χ1) is 17.7. The van der Waals surface area contributed by atoms with Crippen molar-refractivity contribution in [1.82, 2.24) is 9.88 Å². The number of nitrogens with one attached hydrogen (secondary N) is 1. The molecule has 6 nitrogen and oxygen atoms in total. The standard InChI is InChI=1S/C28H32F3N3O3/c1-18-17-33-25-4-3-22(37-2)16-23(25)26(18)24(31)5-6-28(27(35)36)7-10-34(11-8-28)12-9-32-21-14-19(29)13-20(30)15-21/h3-4,13-17,24,32H,5-12H2,1-2H3,(H,35,36)/t24-/m0/s1. The van der Waals surface area contributed by atoms with E-state index in [9.17, 15) is 18.7 Å². The molecule has 2 aromatic carbocycles. The molecule has 1 atom stereocenters. The van der Waals surface area contributed by atoms with Crippen molar-refractivity contribution in [2.24, 2.45) is 5.41 Å². The van der Waals surface area contributed by atoms with Crippen molar-refractivity contribution in [3.05, 3.63) is 65.4 Å². The maximum Gasteiger partial charge on any atom is 0.309 e. The molecule has 198 valence electrons. The van der Waals surface area contributed by atoms with Gasteiger partial charge in [-0.05, 0) is 87.2 Å². The second-order valence-electron chi connectivity index (χ2n) is 9.76. The molecule has 0 radical (unpaired) electrons. The van der Waals surface area contributed by atoms with E-state index in [4.69, 9.17) is 4.74 Å². The molecule has 1 aliphatic heterocycles. The summed E-state index contributed by atoms with van der Waals surface area (Å²) >= 11 is 0. The van der Waals surface area contributed by atoms with Crippen molar-refractivity contribution < 1.29 is 27.8 Å². The number of carbonyl (C=O) groups is 1. The van der Waals surface area contributed by atoms with E-state index in [1.165, 1.54) is 12.1 Å². The Morgan fingerprint density at radius 3 is 2.54 bits per heavy atom. The fourth-order valence-electron chi connectivity index (χ4n) is 5.17. The number of fused-ring (bicyclic) bond motifs is 1. The third-order valence-corrected chi connectivity index (χ3v) is 7.39. The van der Waals surface area contributed by atoms with E-state index in [-0.39, 0.29) is 12.8 Å². The zero-order valence-electron chi connectivity index (χ0n) is 21.1. The molecule has 4 rings (SSSR count). The number of aryl methyl sites for hydroxylation is 1. The Hall–Kier alpha value is -3.33. The quantitative estimate of drug-likeness (QED) is 0.350. The summed E-state index contributed by atoms with van der Waals surface area (Å²) in [6, 6.07) is 8.62. The molecule has 0 bridgehead atoms. The van der Waals surface area contributed by atoms with Crippen molar-refractivity contribution in [2.75, 3.05) is 38.6 Å². The van der Waals surface area contributed by atoms with Gasteiger partial charge in [-0.1, -0.05) is 0 Å². The van der Waals surface area contributed by atoms with Crippen molar-refractivity contribution >= 4 is 22.6 Å². The summed E-state index contributed by atoms with van der Waals surface area (Å²) in [6.07, 6.45) is 1.46. The molecule has 0 spiro atoms. The molecule has 0 aliphatic carbocycles. The first-order valence-corrected chi connectivity index (χ1v) is 12.4. The van der Waals surface area contributed by atoms with Gasteiger partial charge in [-0.3, -0.25) is 9.78 Å². The normalized spacial score (nSPS) is 16.5. The lowest BCUT2D eigenvalue weighted by molar-refractivity contribution is -0.153. The van der Waals surface area contributed by atoms with Crippen LogP contribution in [0.25, 0.3) is 10.9 Å². The highest BCUT2D eigenvalue weighted by Gasteiger charge is 2.41. The highest BCUT2D eigenvalue weighted by Crippen LogP contribution is 2.41. The number of piperidine rings is 1. The van der Waals surface area contributed by atoms with Gasteiger partial charge in [0.25, 0.3) is 0 Å². The van der Waals surface area contributed by atoms with Crippen LogP contribution in [0.4, 0.5) is 18.9 Å². The fraction of sp³-hybridized carbons (Fsp3) is 0.429. The van der Waals surface area contributed by atoms with Gasteiger partial charge in [-0.25, -0.2) is 13.2 Å². The van der Waals surface area contributed by atoms with Gasteiger partial charge in [0.15, 0.2) is 0 Å². The Morgan fingerprint density at radius 1 is 1.19 bits per heavy atom. The highest BCUT2D eigenvalue weighted by atomic mass is 19.1. The lowest BCUT2D eigenvalue weighted by atomic mass is 9.74. The Kier molecular flexibility index (Phi) is 8.22. The molecule has 0 unspecified atom stereocenters. The van der Waals surface area contributed by atoms with Crippen molar-refractivity contribution in [1.29, 1.82) is 0 Å². The largest absolute Gasteiger partial charge is 0.497 e. The molecule has 9 heteroatoms. The number of carboxylic acid groups (broad SMARTS) is 1. The number of alkyl halides is 1. The maximum absolute atomic E-state index is 15.7. The molecular formula is C28H32F3N3O3. The molecular weight excluding hydrogens is 483 g/mol. The van der Waals surface area contributed by atoms with Crippen LogP contribution in [0.2, 0.25) is 0 Å². The second kappa shape index (κ2) is 11.4. The predicted octanol–water partition coefficient (Wildman–Crippen LogP) is 5.90. The molecule has 3 aromatic rings. The van der Waals surface area contributed by atoms with Gasteiger partial charge in [0, 0.05) is 36.4 Å². The first-order valence-electron chi connectivity index (χ1n) is 12.4. The number of pyridine rings is 1. The zero-order chi connectivity index (χ0) is 26.6. The van der Waals surface area contributed by atoms with Crippen LogP contribution in [0.1, 0.15) is 43.0 Å². The zero-order valence-corrected chi connectivity index (χ0v) is 21.1. The number of aromatic nitrogens is 1. The van der Waals surface area contributed by atoms with E-state index in [2.05, 4.69) is 15.2 Å². The summed E-state index contributed by atoms with van der Waals surface area (Å²) in [7, 11) is 1.55. The fourth-order valence-corrected chi connectivity index (χ4v) is 5.17. The summed E-state index contributed by atoms with van der Waals surface area (Å²) in [5.74, 6) is -1.58. The molecule has 1 aliphatic rings. The third kappa shape index (κ3) is 6.15. The van der Waals surface area contributed by atoms with E-state index in [0.717, 1.165) is 11.6 Å². The second-order valence-corrected chi connectivity index (χ2v) is 9.76. The lowest BCUT2D eigenvalue weighted by Crippen LogP contribution is -2.45. The first kappa shape index (κ1) is 26.7. The Bertz CT molecular complexity index is 1240. The number of hydrogen-bond donors (Lipinski definition) is 2. The number of likely N-dealkylation sites (tertiary alicyclic amines) is 1. The van der Waals surface area contributed by atoms with E-state index in [1.54, 1.807) is 31.5 Å². The SMILES string of the molecule is COc1ccc2ncc(C)c([C@@H](F)CCC3(C(=O)O)CCN(CCNc4cc(F)cc(F)c4)CC3)c2c1. The van der Waals surface area contributed by atoms with Crippen LogP contribution < -0.4 is 10.1 Å². The number of methoxy groups -OCH3 is 1. The van der Waals surface area contributed by atoms with Gasteiger partial charge in [-0.15, -0.1) is 0 Å². The minimum absolute atomic E-state index is 0.0934. The smallest absolute Gasteiger partial charge is 0.309 e. The number of halogens is 3. The van der Waals surface area contributed by atoms with E-state index >= 15 is 4.39 Å². The number of rotatable bonds is 10. The average Bonchev–Trinajstić information content (AvgIpc) is 2.87. The summed E-state index contributed by atoms with van der Waals surface area (Å²) in [5.41, 5.74) is 1.29. The number of aliphatic carboxylic acids is 1. The maximum atomic E-state index is 15.7. The topological polar surface area (TPSA) is 74.7 Å². The number of ether oxygens (including phenoxy) is 1. The predicted molar refractivity (Wildman–Crippen MR) is 137 cm³/mol. The van der Waals surface area contributed by atoms with Crippen molar-refractivity contribution in [3.8, 4) is 5.75 Å². The van der Waals surface area contributed by atoms with Gasteiger partial charge in [0.2, 0.25) is 0 Å². The molecule has 2 N–H and O–H groups in total. The van der Waals surface area contributed by atoms with Gasteiger partial charge in [-0.2, -0.15) is 0 Å². The Morgan fingerprint density at radius 2 is 1.89 bits per heavy atom. The van der Waals surface area contributed by atoms with Crippen LogP contribution in [0, 0.1) is 24.0 Å². The monoisotopic (exact) mass is 515 g/mol. The van der Waals surface area contributed by atoms with Gasteiger partial charge in [0.05, 0.1) is 18.0 Å². The molecule has 2 heterocycles. The van der Waals surface area contributed by atoms with E-state index < -0.39 is 29.2 Å². The molecule has 0 amide bonds. The number of hydrogen-bond acceptors (Lipinski definition) is 5. The highest BCUT2D eigenvalue weighted by molar-refractivity contribution is 5.85. The summed E-state index contributed by atoms with van der Waals surface area (Å²) in [6.45, 7) is 3.98. The van der Waals surface area contributed by atoms with Crippen LogP contribution >= 0.6 is 0 Å². The Labute approximate surface area is 214 Å². The summed E-state index contributed by atoms with van der Waals surface area (Å²) < 4.78 is 47.7. The third-order valence-electron chi connectivity index (χ3n) is 7.39. The lowest BCUT2D eigenvalue weighted by Gasteiger charge is -2.39. The summed E-state index contributed by atoms with van der Waals surface area (Å²) in [5, 5.41) is 13.8. The van der Waals surface area contributed by atoms with Crippen LogP contribution in [0.3, 0.4) is 0 Å². The van der Waals surface area contributed by atoms with Crippen LogP contribution in [-0.2, 0) is 4.79 Å². The molecule has 37 heavy (non-hydrogen) atoms.